The van der Waals surface area contributed by atoms with Gasteiger partial charge in [0.1, 0.15) is 30.5 Å². The molecule has 0 aromatic heterocycles. The lowest BCUT2D eigenvalue weighted by atomic mass is 9.88. The molecule has 2 aliphatic heterocycles. The molecule has 11 heteroatoms. The number of hydrogen-bond acceptors (Lipinski definition) is 11. The maximum absolute atomic E-state index is 12.9. The first kappa shape index (κ1) is 42.6. The molecule has 1 saturated heterocycles. The van der Waals surface area contributed by atoms with Crippen LogP contribution in [-0.2, 0) is 47.5 Å². The highest BCUT2D eigenvalue weighted by atomic mass is 16.6. The Morgan fingerprint density at radius 3 is 2.47 bits per heavy atom. The van der Waals surface area contributed by atoms with Crippen LogP contribution in [0.3, 0.4) is 0 Å². The van der Waals surface area contributed by atoms with Gasteiger partial charge >= 0.3 is 17.9 Å². The predicted octanol–water partition coefficient (Wildman–Crippen LogP) is 5.67. The van der Waals surface area contributed by atoms with Gasteiger partial charge in [0.05, 0.1) is 37.9 Å². The normalized spacial score (nSPS) is 30.7. The highest BCUT2D eigenvalue weighted by molar-refractivity contribution is 5.71. The fraction of sp³-hybridized carbons (Fsp3) is 0.763. The molecule has 10 unspecified atom stereocenters. The van der Waals surface area contributed by atoms with Gasteiger partial charge in [0.25, 0.3) is 0 Å². The van der Waals surface area contributed by atoms with Crippen LogP contribution in [0.25, 0.3) is 0 Å². The number of aliphatic hydroxyl groups is 1. The number of allylic oxidation sites excluding steroid dienone is 3. The van der Waals surface area contributed by atoms with Gasteiger partial charge in [-0.15, -0.1) is 0 Å². The number of ether oxygens (including phenoxy) is 7. The van der Waals surface area contributed by atoms with Crippen molar-refractivity contribution in [2.75, 3.05) is 33.0 Å². The van der Waals surface area contributed by atoms with E-state index in [0.29, 0.717) is 32.7 Å². The largest absolute Gasteiger partial charge is 0.460 e. The third-order valence-corrected chi connectivity index (χ3v) is 9.15. The van der Waals surface area contributed by atoms with E-state index in [2.05, 4.69) is 19.9 Å². The van der Waals surface area contributed by atoms with Gasteiger partial charge in [-0.25, -0.2) is 4.79 Å². The molecule has 1 fully saturated rings. The lowest BCUT2D eigenvalue weighted by Crippen LogP contribution is -2.45. The minimum atomic E-state index is -0.949. The quantitative estimate of drug-likeness (QED) is 0.0474. The molecule has 0 spiro atoms. The fourth-order valence-electron chi connectivity index (χ4n) is 6.16. The van der Waals surface area contributed by atoms with Gasteiger partial charge in [0.15, 0.2) is 0 Å². The number of epoxide rings is 1. The molecule has 0 bridgehead atoms. The van der Waals surface area contributed by atoms with Gasteiger partial charge in [-0.3, -0.25) is 9.59 Å². The van der Waals surface area contributed by atoms with Crippen molar-refractivity contribution in [1.29, 1.82) is 0 Å². The van der Waals surface area contributed by atoms with Gasteiger partial charge in [0, 0.05) is 32.0 Å². The maximum Gasteiger partial charge on any atom is 0.332 e. The summed E-state index contributed by atoms with van der Waals surface area (Å²) in [6, 6.07) is 0. The average Bonchev–Trinajstić information content (AvgIpc) is 3.82. The Kier molecular flexibility index (Phi) is 18.8. The van der Waals surface area contributed by atoms with Crippen molar-refractivity contribution in [3.05, 3.63) is 36.0 Å². The molecule has 0 aromatic carbocycles. The second-order valence-electron chi connectivity index (χ2n) is 13.5. The summed E-state index contributed by atoms with van der Waals surface area (Å²) in [6.07, 6.45) is 9.25. The first-order valence-corrected chi connectivity index (χ1v) is 18.0. The van der Waals surface area contributed by atoms with E-state index in [0.717, 1.165) is 12.0 Å². The van der Waals surface area contributed by atoms with Crippen LogP contribution in [0.15, 0.2) is 36.0 Å². The van der Waals surface area contributed by atoms with Crippen LogP contribution in [0.2, 0.25) is 0 Å². The van der Waals surface area contributed by atoms with Crippen molar-refractivity contribution in [2.24, 2.45) is 17.8 Å². The van der Waals surface area contributed by atoms with Crippen LogP contribution in [0.1, 0.15) is 94.4 Å². The summed E-state index contributed by atoms with van der Waals surface area (Å²) in [5, 5.41) is 10.7. The van der Waals surface area contributed by atoms with E-state index < -0.39 is 35.9 Å². The Hall–Kier alpha value is -2.57. The number of carbonyl (C=O) groups is 3. The number of carbonyl (C=O) groups excluding carboxylic acids is 3. The zero-order valence-electron chi connectivity index (χ0n) is 31.2. The minimum Gasteiger partial charge on any atom is -0.460 e. The van der Waals surface area contributed by atoms with Crippen molar-refractivity contribution < 1.29 is 52.6 Å². The van der Waals surface area contributed by atoms with Crippen molar-refractivity contribution in [2.45, 2.75) is 137 Å². The van der Waals surface area contributed by atoms with Gasteiger partial charge in [0.2, 0.25) is 0 Å². The first-order chi connectivity index (χ1) is 23.2. The second kappa shape index (κ2) is 21.6. The Morgan fingerprint density at radius 1 is 1.10 bits per heavy atom. The molecule has 1 N–H and O–H groups in total. The van der Waals surface area contributed by atoms with Gasteiger partial charge in [-0.05, 0) is 70.9 Å². The van der Waals surface area contributed by atoms with Crippen LogP contribution in [-0.4, -0.2) is 98.3 Å². The van der Waals surface area contributed by atoms with Gasteiger partial charge in [-0.1, -0.05) is 52.0 Å². The molecule has 280 valence electrons. The highest BCUT2D eigenvalue weighted by Crippen LogP contribution is 2.37. The standard InChI is InChI=1S/C38H62O11/c1-10-31(47-35(42)24-44-12-3)28(7)37-32(48-37)22-25(4)14-13-15-26(5)36-27(6)16-17-33(46-29(8)39)38(9,45-21-20-43-11-2)19-18-30(40)23-34(41)49-36/h13-17,25,27-28,30-33,36-37,40H,10-12,18-24H2,1-9H3/b14-13+,17-16+,26-15+. The van der Waals surface area contributed by atoms with E-state index in [9.17, 15) is 19.5 Å². The SMILES string of the molecule is CCOCCOC1(C)CCC(O)CC(=O)OC(/C(C)=C/C=C/C(C)CC2OC2C(C)C(CC)OC(=O)COCC)C(C)/C=C/C1OC(C)=O. The Balaban J connectivity index is 2.12. The molecule has 0 aliphatic carbocycles. The van der Waals surface area contributed by atoms with Gasteiger partial charge in [-0.2, -0.15) is 0 Å². The Labute approximate surface area is 293 Å². The molecular weight excluding hydrogens is 632 g/mol. The Bertz CT molecular complexity index is 1120. The molecule has 10 atom stereocenters. The topological polar surface area (TPSA) is 139 Å². The minimum absolute atomic E-state index is 0.0318. The molecule has 2 aliphatic rings. The summed E-state index contributed by atoms with van der Waals surface area (Å²) >= 11 is 0. The van der Waals surface area contributed by atoms with Crippen LogP contribution in [0, 0.1) is 17.8 Å². The molecule has 2 rings (SSSR count). The summed E-state index contributed by atoms with van der Waals surface area (Å²) in [5.74, 6) is -1.28. The molecule has 0 radical (unpaired) electrons. The molecular formula is C38H62O11. The number of hydrogen-bond donors (Lipinski definition) is 1. The average molecular weight is 695 g/mol. The molecule has 11 nitrogen and oxygen atoms in total. The van der Waals surface area contributed by atoms with Crippen LogP contribution in [0.4, 0.5) is 0 Å². The van der Waals surface area contributed by atoms with E-state index in [-0.39, 0.29) is 68.1 Å². The lowest BCUT2D eigenvalue weighted by Gasteiger charge is -2.37. The molecule has 49 heavy (non-hydrogen) atoms. The second-order valence-corrected chi connectivity index (χ2v) is 13.5. The van der Waals surface area contributed by atoms with Crippen molar-refractivity contribution in [1.82, 2.24) is 0 Å². The predicted molar refractivity (Wildman–Crippen MR) is 186 cm³/mol. The summed E-state index contributed by atoms with van der Waals surface area (Å²) < 4.78 is 40.1. The summed E-state index contributed by atoms with van der Waals surface area (Å²) in [5.41, 5.74) is -0.121. The lowest BCUT2D eigenvalue weighted by molar-refractivity contribution is -0.167. The van der Waals surface area contributed by atoms with Crippen molar-refractivity contribution in [3.8, 4) is 0 Å². The van der Waals surface area contributed by atoms with E-state index >= 15 is 0 Å². The molecule has 0 amide bonds. The third-order valence-electron chi connectivity index (χ3n) is 9.15. The van der Waals surface area contributed by atoms with E-state index in [4.69, 9.17) is 33.2 Å². The molecule has 2 heterocycles. The van der Waals surface area contributed by atoms with E-state index in [1.165, 1.54) is 6.92 Å². The summed E-state index contributed by atoms with van der Waals surface area (Å²) in [7, 11) is 0. The first-order valence-electron chi connectivity index (χ1n) is 18.0. The van der Waals surface area contributed by atoms with Crippen molar-refractivity contribution in [3.63, 3.8) is 0 Å². The van der Waals surface area contributed by atoms with Crippen LogP contribution >= 0.6 is 0 Å². The number of cyclic esters (lactones) is 1. The zero-order chi connectivity index (χ0) is 36.6. The monoisotopic (exact) mass is 694 g/mol. The number of aliphatic hydroxyl groups excluding tert-OH is 1. The third kappa shape index (κ3) is 15.1. The number of rotatable bonds is 18. The van der Waals surface area contributed by atoms with Gasteiger partial charge < -0.3 is 38.3 Å². The van der Waals surface area contributed by atoms with Crippen LogP contribution < -0.4 is 0 Å². The van der Waals surface area contributed by atoms with Crippen molar-refractivity contribution >= 4 is 17.9 Å². The summed E-state index contributed by atoms with van der Waals surface area (Å²) in [6.45, 7) is 18.6. The molecule has 0 aromatic rings. The zero-order valence-corrected chi connectivity index (χ0v) is 31.2. The van der Waals surface area contributed by atoms with E-state index in [1.54, 1.807) is 6.08 Å². The maximum atomic E-state index is 12.9. The summed E-state index contributed by atoms with van der Waals surface area (Å²) in [4.78, 5) is 37.1. The van der Waals surface area contributed by atoms with Crippen LogP contribution in [0.5, 0.6) is 0 Å². The fourth-order valence-corrected chi connectivity index (χ4v) is 6.16. The smallest absolute Gasteiger partial charge is 0.332 e. The Morgan fingerprint density at radius 2 is 1.82 bits per heavy atom. The highest BCUT2D eigenvalue weighted by Gasteiger charge is 2.46. The van der Waals surface area contributed by atoms with E-state index in [1.807, 2.05) is 59.8 Å². The number of esters is 3. The molecule has 0 saturated carbocycles.